The molecule has 0 aromatic carbocycles. The molecule has 1 aliphatic rings. The van der Waals surface area contributed by atoms with E-state index in [2.05, 4.69) is 32.7 Å². The average Bonchev–Trinajstić information content (AvgIpc) is 3.06. The van der Waals surface area contributed by atoms with Crippen LogP contribution in [0.3, 0.4) is 0 Å². The van der Waals surface area contributed by atoms with Crippen molar-refractivity contribution in [1.82, 2.24) is 25.2 Å². The van der Waals surface area contributed by atoms with E-state index >= 15 is 0 Å². The van der Waals surface area contributed by atoms with E-state index in [0.717, 1.165) is 55.8 Å². The van der Waals surface area contributed by atoms with Crippen LogP contribution in [0.2, 0.25) is 0 Å². The average molecular weight is 490 g/mol. The number of hydrogen-bond acceptors (Lipinski definition) is 5. The standard InChI is InChI=1S/C17H26N6OS.HI/c1-3-25-17(7-10-24-11-8-17)13-20-16(18-2)19-12-15-22-21-14-6-4-5-9-23(14)15;/h4-6,9H,3,7-8,10-13H2,1-2H3,(H2,18,19,20);1H. The number of nitrogens with one attached hydrogen (secondary N) is 2. The molecule has 3 rings (SSSR count). The molecule has 26 heavy (non-hydrogen) atoms. The van der Waals surface area contributed by atoms with Gasteiger partial charge in [-0.15, -0.1) is 34.2 Å². The number of thioether (sulfide) groups is 1. The highest BCUT2D eigenvalue weighted by Crippen LogP contribution is 2.34. The molecule has 1 aliphatic heterocycles. The molecule has 1 fully saturated rings. The van der Waals surface area contributed by atoms with Gasteiger partial charge in [-0.25, -0.2) is 0 Å². The molecular weight excluding hydrogens is 463 g/mol. The highest BCUT2D eigenvalue weighted by molar-refractivity contribution is 14.0. The van der Waals surface area contributed by atoms with Crippen molar-refractivity contribution in [3.8, 4) is 0 Å². The van der Waals surface area contributed by atoms with E-state index in [1.165, 1.54) is 0 Å². The summed E-state index contributed by atoms with van der Waals surface area (Å²) >= 11 is 2.02. The maximum absolute atomic E-state index is 5.54. The third-order valence-corrected chi connectivity index (χ3v) is 5.91. The number of aliphatic imine (C=N–C) groups is 1. The second-order valence-electron chi connectivity index (χ2n) is 6.05. The van der Waals surface area contributed by atoms with Gasteiger partial charge in [0.1, 0.15) is 0 Å². The Labute approximate surface area is 175 Å². The molecule has 2 aromatic rings. The second kappa shape index (κ2) is 10.3. The topological polar surface area (TPSA) is 75.8 Å². The van der Waals surface area contributed by atoms with Crippen molar-refractivity contribution in [1.29, 1.82) is 0 Å². The smallest absolute Gasteiger partial charge is 0.191 e. The molecule has 7 nitrogen and oxygen atoms in total. The number of guanidine groups is 1. The van der Waals surface area contributed by atoms with Crippen LogP contribution in [0.15, 0.2) is 29.4 Å². The molecular formula is C17H27IN6OS. The van der Waals surface area contributed by atoms with Crippen LogP contribution in [-0.2, 0) is 11.3 Å². The summed E-state index contributed by atoms with van der Waals surface area (Å²) in [5, 5.41) is 15.2. The first kappa shape index (κ1) is 21.2. The van der Waals surface area contributed by atoms with Crippen LogP contribution >= 0.6 is 35.7 Å². The van der Waals surface area contributed by atoms with Crippen LogP contribution in [0, 0.1) is 0 Å². The van der Waals surface area contributed by atoms with E-state index in [9.17, 15) is 0 Å². The lowest BCUT2D eigenvalue weighted by Crippen LogP contribution is -2.48. The van der Waals surface area contributed by atoms with Gasteiger partial charge in [0.2, 0.25) is 0 Å². The predicted molar refractivity (Wildman–Crippen MR) is 118 cm³/mol. The fraction of sp³-hybridized carbons (Fsp3) is 0.588. The minimum absolute atomic E-state index is 0. The summed E-state index contributed by atoms with van der Waals surface area (Å²) < 4.78 is 7.74. The molecule has 0 radical (unpaired) electrons. The molecule has 9 heteroatoms. The van der Waals surface area contributed by atoms with Crippen molar-refractivity contribution < 1.29 is 4.74 Å². The van der Waals surface area contributed by atoms with Gasteiger partial charge < -0.3 is 15.4 Å². The van der Waals surface area contributed by atoms with Crippen LogP contribution in [0.1, 0.15) is 25.6 Å². The van der Waals surface area contributed by atoms with Gasteiger partial charge in [-0.05, 0) is 30.7 Å². The van der Waals surface area contributed by atoms with Crippen LogP contribution in [0.4, 0.5) is 0 Å². The lowest BCUT2D eigenvalue weighted by Gasteiger charge is -2.37. The highest BCUT2D eigenvalue weighted by atomic mass is 127. The normalized spacial score (nSPS) is 16.9. The zero-order valence-electron chi connectivity index (χ0n) is 15.3. The summed E-state index contributed by atoms with van der Waals surface area (Å²) in [4.78, 5) is 4.34. The van der Waals surface area contributed by atoms with Gasteiger partial charge in [0.15, 0.2) is 17.4 Å². The Hall–Kier alpha value is -1.07. The van der Waals surface area contributed by atoms with Crippen molar-refractivity contribution >= 4 is 47.3 Å². The first-order valence-electron chi connectivity index (χ1n) is 8.71. The van der Waals surface area contributed by atoms with Crippen molar-refractivity contribution in [2.75, 3.05) is 32.6 Å². The fourth-order valence-corrected chi connectivity index (χ4v) is 4.30. The van der Waals surface area contributed by atoms with Crippen LogP contribution in [0.5, 0.6) is 0 Å². The number of aromatic nitrogens is 3. The second-order valence-corrected chi connectivity index (χ2v) is 7.78. The van der Waals surface area contributed by atoms with E-state index in [1.807, 2.05) is 40.6 Å². The summed E-state index contributed by atoms with van der Waals surface area (Å²) in [5.41, 5.74) is 0.850. The Morgan fingerprint density at radius 3 is 2.85 bits per heavy atom. The van der Waals surface area contributed by atoms with Gasteiger partial charge in [0.05, 0.1) is 6.54 Å². The van der Waals surface area contributed by atoms with Crippen LogP contribution in [-0.4, -0.2) is 57.9 Å². The largest absolute Gasteiger partial charge is 0.381 e. The number of rotatable bonds is 6. The first-order chi connectivity index (χ1) is 12.3. The predicted octanol–water partition coefficient (Wildman–Crippen LogP) is 2.31. The lowest BCUT2D eigenvalue weighted by atomic mass is 9.99. The van der Waals surface area contributed by atoms with Gasteiger partial charge in [0.25, 0.3) is 0 Å². The Morgan fingerprint density at radius 2 is 2.12 bits per heavy atom. The summed E-state index contributed by atoms with van der Waals surface area (Å²) in [6, 6.07) is 5.88. The molecule has 2 aromatic heterocycles. The van der Waals surface area contributed by atoms with Crippen molar-refractivity contribution in [2.24, 2.45) is 4.99 Å². The molecule has 0 atom stereocenters. The third-order valence-electron chi connectivity index (χ3n) is 4.45. The molecule has 0 amide bonds. The summed E-state index contributed by atoms with van der Waals surface area (Å²) in [7, 11) is 1.79. The summed E-state index contributed by atoms with van der Waals surface area (Å²) in [5.74, 6) is 2.76. The minimum Gasteiger partial charge on any atom is -0.381 e. The van der Waals surface area contributed by atoms with Crippen molar-refractivity contribution in [3.05, 3.63) is 30.2 Å². The Kier molecular flexibility index (Phi) is 8.42. The monoisotopic (exact) mass is 490 g/mol. The summed E-state index contributed by atoms with van der Waals surface area (Å²) in [6.45, 7) is 5.35. The number of nitrogens with zero attached hydrogens (tertiary/aromatic N) is 4. The molecule has 0 saturated carbocycles. The number of hydrogen-bond donors (Lipinski definition) is 2. The van der Waals surface area contributed by atoms with E-state index in [-0.39, 0.29) is 28.7 Å². The molecule has 0 bridgehead atoms. The van der Waals surface area contributed by atoms with E-state index in [4.69, 9.17) is 4.74 Å². The number of pyridine rings is 1. The van der Waals surface area contributed by atoms with Crippen LogP contribution in [0.25, 0.3) is 5.65 Å². The molecule has 0 spiro atoms. The first-order valence-corrected chi connectivity index (χ1v) is 9.70. The lowest BCUT2D eigenvalue weighted by molar-refractivity contribution is 0.0782. The van der Waals surface area contributed by atoms with Gasteiger partial charge in [0, 0.05) is 37.8 Å². The van der Waals surface area contributed by atoms with Gasteiger partial charge in [-0.1, -0.05) is 13.0 Å². The quantitative estimate of drug-likeness (QED) is 0.368. The van der Waals surface area contributed by atoms with E-state index in [0.29, 0.717) is 6.54 Å². The van der Waals surface area contributed by atoms with E-state index in [1.54, 1.807) is 7.05 Å². The van der Waals surface area contributed by atoms with Crippen LogP contribution < -0.4 is 10.6 Å². The molecule has 2 N–H and O–H groups in total. The Balaban J connectivity index is 0.00000243. The highest BCUT2D eigenvalue weighted by Gasteiger charge is 2.32. The number of halogens is 1. The van der Waals surface area contributed by atoms with Crippen molar-refractivity contribution in [2.45, 2.75) is 31.1 Å². The van der Waals surface area contributed by atoms with Gasteiger partial charge in [-0.3, -0.25) is 9.39 Å². The molecule has 0 unspecified atom stereocenters. The molecule has 144 valence electrons. The Morgan fingerprint density at radius 1 is 1.31 bits per heavy atom. The van der Waals surface area contributed by atoms with Gasteiger partial charge in [-0.2, -0.15) is 11.8 Å². The number of ether oxygens (including phenoxy) is 1. The SMILES string of the molecule is CCSC1(CNC(=NC)NCc2nnc3ccccn23)CCOCC1.I. The zero-order valence-corrected chi connectivity index (χ0v) is 18.4. The van der Waals surface area contributed by atoms with Gasteiger partial charge >= 0.3 is 0 Å². The molecule has 1 saturated heterocycles. The maximum atomic E-state index is 5.54. The fourth-order valence-electron chi connectivity index (χ4n) is 3.06. The zero-order chi connectivity index (χ0) is 17.5. The summed E-state index contributed by atoms with van der Waals surface area (Å²) in [6.07, 6.45) is 4.12. The molecule has 0 aliphatic carbocycles. The van der Waals surface area contributed by atoms with E-state index < -0.39 is 0 Å². The minimum atomic E-state index is 0. The molecule has 3 heterocycles. The number of fused-ring (bicyclic) bond motifs is 1. The van der Waals surface area contributed by atoms with Crippen molar-refractivity contribution in [3.63, 3.8) is 0 Å². The Bertz CT molecular complexity index is 711. The third kappa shape index (κ3) is 5.23. The maximum Gasteiger partial charge on any atom is 0.191 e.